The van der Waals surface area contributed by atoms with Gasteiger partial charge >= 0.3 is 0 Å². The molecule has 2 aliphatic heterocycles. The number of benzene rings is 2. The van der Waals surface area contributed by atoms with Gasteiger partial charge in [0, 0.05) is 19.0 Å². The SMILES string of the molecule is COc1ccc(C2CCN(C(=O)C(c3ccccc3)N3CCCC3)C2)cc1. The molecule has 2 fully saturated rings. The highest BCUT2D eigenvalue weighted by Crippen LogP contribution is 2.33. The third-order valence-electron chi connectivity index (χ3n) is 5.94. The molecule has 2 saturated heterocycles. The molecule has 2 unspecified atom stereocenters. The first kappa shape index (κ1) is 18.1. The van der Waals surface area contributed by atoms with Crippen LogP contribution in [0.2, 0.25) is 0 Å². The Bertz CT molecular complexity index is 754. The molecule has 2 aliphatic rings. The van der Waals surface area contributed by atoms with Crippen LogP contribution in [0.1, 0.15) is 42.3 Å². The molecule has 4 rings (SSSR count). The summed E-state index contributed by atoms with van der Waals surface area (Å²) in [7, 11) is 1.69. The van der Waals surface area contributed by atoms with Crippen LogP contribution in [0.4, 0.5) is 0 Å². The maximum atomic E-state index is 13.5. The lowest BCUT2D eigenvalue weighted by atomic mass is 9.98. The van der Waals surface area contributed by atoms with Gasteiger partial charge in [0.1, 0.15) is 11.8 Å². The second-order valence-electron chi connectivity index (χ2n) is 7.60. The Morgan fingerprint density at radius 3 is 2.37 bits per heavy atom. The summed E-state index contributed by atoms with van der Waals surface area (Å²) in [5, 5.41) is 0. The number of carbonyl (C=O) groups is 1. The number of hydrogen-bond acceptors (Lipinski definition) is 3. The molecule has 0 spiro atoms. The minimum Gasteiger partial charge on any atom is -0.497 e. The van der Waals surface area contributed by atoms with Crippen LogP contribution in [0.3, 0.4) is 0 Å². The summed E-state index contributed by atoms with van der Waals surface area (Å²) in [5.41, 5.74) is 2.42. The Morgan fingerprint density at radius 1 is 1.00 bits per heavy atom. The van der Waals surface area contributed by atoms with Gasteiger partial charge in [-0.15, -0.1) is 0 Å². The fraction of sp³-hybridized carbons (Fsp3) is 0.435. The lowest BCUT2D eigenvalue weighted by molar-refractivity contribution is -0.135. The number of methoxy groups -OCH3 is 1. The Labute approximate surface area is 161 Å². The molecule has 4 nitrogen and oxygen atoms in total. The molecule has 27 heavy (non-hydrogen) atoms. The van der Waals surface area contributed by atoms with Crippen LogP contribution in [0.15, 0.2) is 54.6 Å². The molecule has 0 saturated carbocycles. The summed E-state index contributed by atoms with van der Waals surface area (Å²) in [4.78, 5) is 17.9. The number of likely N-dealkylation sites (tertiary alicyclic amines) is 2. The molecular formula is C23H28N2O2. The summed E-state index contributed by atoms with van der Waals surface area (Å²) in [6.07, 6.45) is 3.40. The molecule has 2 atom stereocenters. The van der Waals surface area contributed by atoms with Crippen molar-refractivity contribution in [3.8, 4) is 5.75 Å². The van der Waals surface area contributed by atoms with Crippen LogP contribution in [-0.4, -0.2) is 49.0 Å². The van der Waals surface area contributed by atoms with Gasteiger partial charge in [0.25, 0.3) is 0 Å². The molecule has 2 aromatic rings. The average Bonchev–Trinajstić information content (AvgIpc) is 3.41. The minimum absolute atomic E-state index is 0.136. The standard InChI is InChI=1S/C23H28N2O2/c1-27-21-11-9-18(10-12-21)20-13-16-25(17-20)23(26)22(24-14-5-6-15-24)19-7-3-2-4-8-19/h2-4,7-12,20,22H,5-6,13-17H2,1H3. The predicted molar refractivity (Wildman–Crippen MR) is 107 cm³/mol. The van der Waals surface area contributed by atoms with Crippen molar-refractivity contribution in [2.45, 2.75) is 31.2 Å². The summed E-state index contributed by atoms with van der Waals surface area (Å²) >= 11 is 0. The zero-order chi connectivity index (χ0) is 18.6. The highest BCUT2D eigenvalue weighted by molar-refractivity contribution is 5.83. The number of rotatable bonds is 5. The Kier molecular flexibility index (Phi) is 5.44. The molecule has 2 heterocycles. The van der Waals surface area contributed by atoms with Crippen LogP contribution in [-0.2, 0) is 4.79 Å². The lowest BCUT2D eigenvalue weighted by Crippen LogP contribution is -2.41. The van der Waals surface area contributed by atoms with Crippen molar-refractivity contribution in [1.82, 2.24) is 9.80 Å². The van der Waals surface area contributed by atoms with Gasteiger partial charge in [-0.2, -0.15) is 0 Å². The fourth-order valence-electron chi connectivity index (χ4n) is 4.43. The van der Waals surface area contributed by atoms with Crippen LogP contribution in [0.25, 0.3) is 0 Å². The minimum atomic E-state index is -0.136. The van der Waals surface area contributed by atoms with Crippen molar-refractivity contribution in [3.63, 3.8) is 0 Å². The van der Waals surface area contributed by atoms with Gasteiger partial charge in [-0.05, 0) is 55.6 Å². The van der Waals surface area contributed by atoms with E-state index < -0.39 is 0 Å². The van der Waals surface area contributed by atoms with E-state index in [4.69, 9.17) is 4.74 Å². The Morgan fingerprint density at radius 2 is 1.70 bits per heavy atom. The largest absolute Gasteiger partial charge is 0.497 e. The van der Waals surface area contributed by atoms with E-state index in [0.717, 1.165) is 43.9 Å². The second kappa shape index (κ2) is 8.13. The third-order valence-corrected chi connectivity index (χ3v) is 5.94. The number of amides is 1. The van der Waals surface area contributed by atoms with Crippen LogP contribution in [0, 0.1) is 0 Å². The van der Waals surface area contributed by atoms with E-state index in [1.54, 1.807) is 7.11 Å². The monoisotopic (exact) mass is 364 g/mol. The van der Waals surface area contributed by atoms with E-state index in [2.05, 4.69) is 34.1 Å². The summed E-state index contributed by atoms with van der Waals surface area (Å²) in [5.74, 6) is 1.55. The number of hydrogen-bond donors (Lipinski definition) is 0. The molecular weight excluding hydrogens is 336 g/mol. The van der Waals surface area contributed by atoms with Gasteiger partial charge in [0.2, 0.25) is 5.91 Å². The molecule has 1 amide bonds. The molecule has 0 radical (unpaired) electrons. The number of ether oxygens (including phenoxy) is 1. The maximum absolute atomic E-state index is 13.5. The summed E-state index contributed by atoms with van der Waals surface area (Å²) in [6, 6.07) is 18.4. The second-order valence-corrected chi connectivity index (χ2v) is 7.60. The zero-order valence-corrected chi connectivity index (χ0v) is 16.0. The van der Waals surface area contributed by atoms with E-state index >= 15 is 0 Å². The summed E-state index contributed by atoms with van der Waals surface area (Å²) < 4.78 is 5.26. The van der Waals surface area contributed by atoms with Gasteiger partial charge in [-0.25, -0.2) is 0 Å². The Balaban J connectivity index is 1.50. The first-order valence-corrected chi connectivity index (χ1v) is 9.98. The summed E-state index contributed by atoms with van der Waals surface area (Å²) in [6.45, 7) is 3.68. The van der Waals surface area contributed by atoms with Gasteiger partial charge in [0.05, 0.1) is 7.11 Å². The molecule has 0 aliphatic carbocycles. The molecule has 0 bridgehead atoms. The Hall–Kier alpha value is -2.33. The average molecular weight is 364 g/mol. The highest BCUT2D eigenvalue weighted by Gasteiger charge is 2.36. The first-order chi connectivity index (χ1) is 13.3. The quantitative estimate of drug-likeness (QED) is 0.808. The third kappa shape index (κ3) is 3.86. The van der Waals surface area contributed by atoms with Crippen molar-refractivity contribution >= 4 is 5.91 Å². The van der Waals surface area contributed by atoms with E-state index in [1.165, 1.54) is 18.4 Å². The van der Waals surface area contributed by atoms with Crippen molar-refractivity contribution in [2.24, 2.45) is 0 Å². The van der Waals surface area contributed by atoms with Crippen molar-refractivity contribution in [3.05, 3.63) is 65.7 Å². The van der Waals surface area contributed by atoms with Crippen LogP contribution >= 0.6 is 0 Å². The molecule has 142 valence electrons. The highest BCUT2D eigenvalue weighted by atomic mass is 16.5. The smallest absolute Gasteiger partial charge is 0.244 e. The topological polar surface area (TPSA) is 32.8 Å². The van der Waals surface area contributed by atoms with Crippen molar-refractivity contribution in [2.75, 3.05) is 33.3 Å². The molecule has 4 heteroatoms. The van der Waals surface area contributed by atoms with Crippen molar-refractivity contribution < 1.29 is 9.53 Å². The van der Waals surface area contributed by atoms with Gasteiger partial charge < -0.3 is 9.64 Å². The molecule has 0 aromatic heterocycles. The van der Waals surface area contributed by atoms with E-state index in [1.807, 2.05) is 30.3 Å². The van der Waals surface area contributed by atoms with Gasteiger partial charge in [-0.3, -0.25) is 9.69 Å². The number of nitrogens with zero attached hydrogens (tertiary/aromatic N) is 2. The fourth-order valence-corrected chi connectivity index (χ4v) is 4.43. The predicted octanol–water partition coefficient (Wildman–Crippen LogP) is 3.85. The van der Waals surface area contributed by atoms with Gasteiger partial charge in [-0.1, -0.05) is 42.5 Å². The number of carbonyl (C=O) groups excluding carboxylic acids is 1. The van der Waals surface area contributed by atoms with E-state index in [-0.39, 0.29) is 11.9 Å². The van der Waals surface area contributed by atoms with E-state index in [0.29, 0.717) is 5.92 Å². The maximum Gasteiger partial charge on any atom is 0.244 e. The molecule has 2 aromatic carbocycles. The van der Waals surface area contributed by atoms with Crippen LogP contribution in [0.5, 0.6) is 5.75 Å². The van der Waals surface area contributed by atoms with Crippen molar-refractivity contribution in [1.29, 1.82) is 0 Å². The first-order valence-electron chi connectivity index (χ1n) is 9.98. The normalized spacial score (nSPS) is 21.4. The van der Waals surface area contributed by atoms with E-state index in [9.17, 15) is 4.79 Å². The van der Waals surface area contributed by atoms with Crippen LogP contribution < -0.4 is 4.74 Å². The lowest BCUT2D eigenvalue weighted by Gasteiger charge is -2.30. The zero-order valence-electron chi connectivity index (χ0n) is 16.0. The van der Waals surface area contributed by atoms with Gasteiger partial charge in [0.15, 0.2) is 0 Å². The molecule has 0 N–H and O–H groups in total.